The molecule has 0 saturated carbocycles. The molecule has 2 amide bonds. The predicted octanol–water partition coefficient (Wildman–Crippen LogP) is 1.87. The van der Waals surface area contributed by atoms with E-state index in [1.807, 2.05) is 0 Å². The number of carbonyl (C=O) groups excluding carboxylic acids is 2. The van der Waals surface area contributed by atoms with Crippen molar-refractivity contribution < 1.29 is 14.0 Å². The van der Waals surface area contributed by atoms with E-state index in [1.54, 1.807) is 23.7 Å². The van der Waals surface area contributed by atoms with Crippen LogP contribution in [0.15, 0.2) is 28.0 Å². The highest BCUT2D eigenvalue weighted by atomic mass is 32.2. The van der Waals surface area contributed by atoms with Crippen molar-refractivity contribution in [3.8, 4) is 0 Å². The second-order valence-electron chi connectivity index (χ2n) is 5.71. The number of nitrogens with zero attached hydrogens (tertiary/aromatic N) is 5. The number of aromatic nitrogens is 5. The summed E-state index contributed by atoms with van der Waals surface area (Å²) in [5.41, 5.74) is 0. The zero-order valence-corrected chi connectivity index (χ0v) is 17.0. The maximum absolute atomic E-state index is 12.1. The van der Waals surface area contributed by atoms with Gasteiger partial charge in [-0.25, -0.2) is 0 Å². The van der Waals surface area contributed by atoms with E-state index < -0.39 is 0 Å². The van der Waals surface area contributed by atoms with E-state index >= 15 is 0 Å². The first-order valence-corrected chi connectivity index (χ1v) is 10.3. The summed E-state index contributed by atoms with van der Waals surface area (Å²) in [6.07, 6.45) is 3.26. The lowest BCUT2D eigenvalue weighted by Crippen LogP contribution is -2.24. The molecule has 0 aliphatic carbocycles. The highest BCUT2D eigenvalue weighted by Gasteiger charge is 2.15. The number of anilines is 1. The molecule has 0 spiro atoms. The highest BCUT2D eigenvalue weighted by molar-refractivity contribution is 7.99. The highest BCUT2D eigenvalue weighted by Crippen LogP contribution is 2.19. The minimum Gasteiger partial charge on any atom is -0.459 e. The molecule has 3 heterocycles. The van der Waals surface area contributed by atoms with Crippen molar-refractivity contribution in [2.75, 3.05) is 11.1 Å². The number of hydrogen-bond acceptors (Lipinski definition) is 9. The first-order chi connectivity index (χ1) is 13.6. The number of furan rings is 1. The summed E-state index contributed by atoms with van der Waals surface area (Å²) in [7, 11) is 1.77. The largest absolute Gasteiger partial charge is 0.459 e. The molecule has 3 aromatic heterocycles. The van der Waals surface area contributed by atoms with E-state index in [0.717, 1.165) is 17.8 Å². The van der Waals surface area contributed by atoms with E-state index in [4.69, 9.17) is 4.42 Å². The van der Waals surface area contributed by atoms with Crippen LogP contribution in [0.5, 0.6) is 0 Å². The lowest BCUT2D eigenvalue weighted by atomic mass is 10.4. The van der Waals surface area contributed by atoms with Gasteiger partial charge < -0.3 is 14.3 Å². The number of nitrogens with one attached hydrogen (secondary N) is 2. The maximum atomic E-state index is 12.1. The van der Waals surface area contributed by atoms with Crippen LogP contribution in [-0.4, -0.2) is 42.5 Å². The summed E-state index contributed by atoms with van der Waals surface area (Å²) in [5.74, 6) is 0.428. The van der Waals surface area contributed by atoms with Crippen LogP contribution in [0.2, 0.25) is 0 Å². The summed E-state index contributed by atoms with van der Waals surface area (Å²) < 4.78 is 6.76. The second-order valence-corrected chi connectivity index (χ2v) is 7.71. The van der Waals surface area contributed by atoms with Crippen LogP contribution in [0.4, 0.5) is 5.13 Å². The summed E-state index contributed by atoms with van der Waals surface area (Å²) in [6, 6.07) is 3.22. The smallest absolute Gasteiger partial charge is 0.287 e. The number of carbonyl (C=O) groups is 2. The predicted molar refractivity (Wildman–Crippen MR) is 104 cm³/mol. The Hall–Kier alpha value is -2.73. The Labute approximate surface area is 169 Å². The summed E-state index contributed by atoms with van der Waals surface area (Å²) in [4.78, 5) is 24.0. The van der Waals surface area contributed by atoms with E-state index in [2.05, 4.69) is 38.0 Å². The average molecular weight is 422 g/mol. The monoisotopic (exact) mass is 421 g/mol. The second kappa shape index (κ2) is 9.46. The minimum atomic E-state index is -0.332. The Balaban J connectivity index is 1.48. The van der Waals surface area contributed by atoms with Crippen LogP contribution < -0.4 is 10.6 Å². The Morgan fingerprint density at radius 1 is 1.29 bits per heavy atom. The van der Waals surface area contributed by atoms with Gasteiger partial charge in [0.25, 0.3) is 5.91 Å². The molecule has 2 N–H and O–H groups in total. The Morgan fingerprint density at radius 2 is 2.14 bits per heavy atom. The van der Waals surface area contributed by atoms with Gasteiger partial charge >= 0.3 is 0 Å². The van der Waals surface area contributed by atoms with Crippen molar-refractivity contribution in [1.82, 2.24) is 30.3 Å². The molecule has 0 bridgehead atoms. The van der Waals surface area contributed by atoms with E-state index in [1.165, 1.54) is 29.4 Å². The van der Waals surface area contributed by atoms with E-state index in [-0.39, 0.29) is 29.9 Å². The molecule has 0 aliphatic rings. The molecular formula is C16H19N7O3S2. The Kier molecular flexibility index (Phi) is 6.76. The molecule has 12 heteroatoms. The summed E-state index contributed by atoms with van der Waals surface area (Å²) in [6.45, 7) is 2.26. The zero-order chi connectivity index (χ0) is 19.9. The van der Waals surface area contributed by atoms with Gasteiger partial charge in [0.1, 0.15) is 5.01 Å². The van der Waals surface area contributed by atoms with Gasteiger partial charge in [-0.15, -0.1) is 20.4 Å². The van der Waals surface area contributed by atoms with Crippen LogP contribution in [-0.2, 0) is 24.8 Å². The fourth-order valence-electron chi connectivity index (χ4n) is 2.18. The third-order valence-electron chi connectivity index (χ3n) is 3.59. The molecule has 0 saturated heterocycles. The Bertz CT molecular complexity index is 936. The van der Waals surface area contributed by atoms with Gasteiger partial charge in [0.2, 0.25) is 11.0 Å². The van der Waals surface area contributed by atoms with Crippen molar-refractivity contribution in [2.45, 2.75) is 31.5 Å². The van der Waals surface area contributed by atoms with Gasteiger partial charge in [0.15, 0.2) is 16.7 Å². The fourth-order valence-corrected chi connectivity index (χ4v) is 3.77. The molecule has 0 aromatic carbocycles. The number of amides is 2. The summed E-state index contributed by atoms with van der Waals surface area (Å²) in [5, 5.41) is 23.5. The van der Waals surface area contributed by atoms with Crippen molar-refractivity contribution in [3.63, 3.8) is 0 Å². The van der Waals surface area contributed by atoms with Gasteiger partial charge in [-0.1, -0.05) is 30.0 Å². The molecule has 148 valence electrons. The van der Waals surface area contributed by atoms with E-state index in [9.17, 15) is 9.59 Å². The quantitative estimate of drug-likeness (QED) is 0.501. The first kappa shape index (κ1) is 20.0. The van der Waals surface area contributed by atoms with Gasteiger partial charge in [0, 0.05) is 13.5 Å². The molecule has 3 rings (SSSR count). The van der Waals surface area contributed by atoms with Crippen LogP contribution in [0.3, 0.4) is 0 Å². The molecule has 10 nitrogen and oxygen atoms in total. The van der Waals surface area contributed by atoms with Crippen molar-refractivity contribution in [3.05, 3.63) is 35.0 Å². The van der Waals surface area contributed by atoms with Gasteiger partial charge in [-0.3, -0.25) is 14.9 Å². The van der Waals surface area contributed by atoms with Crippen molar-refractivity contribution >= 4 is 40.0 Å². The van der Waals surface area contributed by atoms with Crippen LogP contribution in [0.25, 0.3) is 0 Å². The van der Waals surface area contributed by atoms with Gasteiger partial charge in [-0.2, -0.15) is 0 Å². The maximum Gasteiger partial charge on any atom is 0.287 e. The van der Waals surface area contributed by atoms with E-state index in [0.29, 0.717) is 16.1 Å². The molecule has 28 heavy (non-hydrogen) atoms. The SMILES string of the molecule is CCCc1nnc(NC(=O)CSc2nnc(CNC(=O)c3ccco3)n2C)s1. The molecule has 0 atom stereocenters. The summed E-state index contributed by atoms with van der Waals surface area (Å²) >= 11 is 2.63. The molecule has 0 fully saturated rings. The molecule has 0 unspecified atom stereocenters. The van der Waals surface area contributed by atoms with Crippen LogP contribution in [0.1, 0.15) is 34.7 Å². The van der Waals surface area contributed by atoms with Crippen LogP contribution in [0, 0.1) is 0 Å². The lowest BCUT2D eigenvalue weighted by molar-refractivity contribution is -0.113. The van der Waals surface area contributed by atoms with Crippen molar-refractivity contribution in [1.29, 1.82) is 0 Å². The normalized spacial score (nSPS) is 10.8. The van der Waals surface area contributed by atoms with Gasteiger partial charge in [0.05, 0.1) is 18.6 Å². The number of aryl methyl sites for hydroxylation is 1. The third-order valence-corrected chi connectivity index (χ3v) is 5.51. The lowest BCUT2D eigenvalue weighted by Gasteiger charge is -2.05. The molecular weight excluding hydrogens is 402 g/mol. The Morgan fingerprint density at radius 3 is 2.89 bits per heavy atom. The zero-order valence-electron chi connectivity index (χ0n) is 15.3. The van der Waals surface area contributed by atoms with Crippen molar-refractivity contribution in [2.24, 2.45) is 7.05 Å². The van der Waals surface area contributed by atoms with Gasteiger partial charge in [-0.05, 0) is 18.6 Å². The molecule has 0 aliphatic heterocycles. The topological polar surface area (TPSA) is 128 Å². The fraction of sp³-hybridized carbons (Fsp3) is 0.375. The van der Waals surface area contributed by atoms with Crippen LogP contribution >= 0.6 is 23.1 Å². The standard InChI is InChI=1S/C16H19N7O3S2/c1-3-5-13-20-21-15(28-13)18-12(24)9-27-16-22-19-11(23(16)2)8-17-14(25)10-6-4-7-26-10/h4,6-7H,3,5,8-9H2,1-2H3,(H,17,25)(H,18,21,24). The number of rotatable bonds is 9. The third kappa shape index (κ3) is 5.16. The average Bonchev–Trinajstić information content (AvgIpc) is 3.41. The first-order valence-electron chi connectivity index (χ1n) is 8.51. The molecule has 0 radical (unpaired) electrons. The number of thioether (sulfide) groups is 1. The number of hydrogen-bond donors (Lipinski definition) is 2. The molecule has 3 aromatic rings. The minimum absolute atomic E-state index is 0.160.